The van der Waals surface area contributed by atoms with E-state index in [-0.39, 0.29) is 0 Å². The van der Waals surface area contributed by atoms with Gasteiger partial charge in [-0.15, -0.1) is 11.8 Å². The molecule has 0 aliphatic carbocycles. The Morgan fingerprint density at radius 2 is 2.71 bits per heavy atom. The standard InChI is InChI=1S/C5H6OS/c1-2-4-5(7-4)6-3-1/h1,3-5H,2H2. The summed E-state index contributed by atoms with van der Waals surface area (Å²) in [5, 5.41) is 0.810. The van der Waals surface area contributed by atoms with E-state index in [1.807, 2.05) is 11.8 Å². The molecule has 0 spiro atoms. The normalized spacial score (nSPS) is 44.6. The molecule has 0 amide bonds. The third-order valence-corrected chi connectivity index (χ3v) is 2.40. The smallest absolute Gasteiger partial charge is 0.156 e. The highest BCUT2D eigenvalue weighted by Gasteiger charge is 2.40. The molecule has 2 heterocycles. The van der Waals surface area contributed by atoms with Crippen molar-refractivity contribution in [2.24, 2.45) is 0 Å². The maximum atomic E-state index is 5.13. The van der Waals surface area contributed by atoms with Gasteiger partial charge in [0.2, 0.25) is 0 Å². The Morgan fingerprint density at radius 1 is 1.71 bits per heavy atom. The van der Waals surface area contributed by atoms with E-state index in [2.05, 4.69) is 6.08 Å². The van der Waals surface area contributed by atoms with Crippen LogP contribution in [0.4, 0.5) is 0 Å². The summed E-state index contributed by atoms with van der Waals surface area (Å²) in [5.74, 6) is 0. The molecule has 38 valence electrons. The van der Waals surface area contributed by atoms with Gasteiger partial charge in [-0.25, -0.2) is 0 Å². The van der Waals surface area contributed by atoms with Gasteiger partial charge < -0.3 is 4.74 Å². The van der Waals surface area contributed by atoms with Gasteiger partial charge in [-0.1, -0.05) is 0 Å². The lowest BCUT2D eigenvalue weighted by Crippen LogP contribution is -1.97. The number of fused-ring (bicyclic) bond motifs is 1. The zero-order chi connectivity index (χ0) is 4.69. The van der Waals surface area contributed by atoms with Gasteiger partial charge in [-0.2, -0.15) is 0 Å². The molecule has 2 unspecified atom stereocenters. The summed E-state index contributed by atoms with van der Waals surface area (Å²) in [6.07, 6.45) is 5.11. The van der Waals surface area contributed by atoms with Crippen molar-refractivity contribution in [1.82, 2.24) is 0 Å². The van der Waals surface area contributed by atoms with Crippen LogP contribution in [0.3, 0.4) is 0 Å². The third kappa shape index (κ3) is 0.536. The number of allylic oxidation sites excluding steroid dienone is 1. The fourth-order valence-corrected chi connectivity index (χ4v) is 1.52. The van der Waals surface area contributed by atoms with Crippen LogP contribution in [0.1, 0.15) is 6.42 Å². The largest absolute Gasteiger partial charge is 0.487 e. The molecule has 0 aromatic carbocycles. The molecule has 1 fully saturated rings. The summed E-state index contributed by atoms with van der Waals surface area (Å²) >= 11 is 1.91. The molecule has 2 atom stereocenters. The van der Waals surface area contributed by atoms with Crippen molar-refractivity contribution in [3.8, 4) is 0 Å². The molecular formula is C5H6OS. The second-order valence-electron chi connectivity index (χ2n) is 1.79. The number of ether oxygens (including phenoxy) is 1. The van der Waals surface area contributed by atoms with Crippen LogP contribution in [0.5, 0.6) is 0 Å². The molecule has 0 aromatic heterocycles. The molecule has 0 N–H and O–H groups in total. The summed E-state index contributed by atoms with van der Waals surface area (Å²) in [4.78, 5) is 0. The zero-order valence-corrected chi connectivity index (χ0v) is 4.65. The number of hydrogen-bond donors (Lipinski definition) is 0. The summed E-state index contributed by atoms with van der Waals surface area (Å²) in [7, 11) is 0. The minimum absolute atomic E-state index is 0.532. The van der Waals surface area contributed by atoms with Gasteiger partial charge >= 0.3 is 0 Å². The molecule has 0 radical (unpaired) electrons. The van der Waals surface area contributed by atoms with E-state index in [9.17, 15) is 0 Å². The van der Waals surface area contributed by atoms with Crippen molar-refractivity contribution in [1.29, 1.82) is 0 Å². The third-order valence-electron chi connectivity index (χ3n) is 1.21. The summed E-state index contributed by atoms with van der Waals surface area (Å²) in [6.45, 7) is 0. The monoisotopic (exact) mass is 114 g/mol. The van der Waals surface area contributed by atoms with Gasteiger partial charge in [-0.05, 0) is 12.5 Å². The first kappa shape index (κ1) is 3.84. The quantitative estimate of drug-likeness (QED) is 0.440. The Hall–Kier alpha value is -0.110. The van der Waals surface area contributed by atoms with Crippen molar-refractivity contribution >= 4 is 11.8 Å². The van der Waals surface area contributed by atoms with Gasteiger partial charge in [0.25, 0.3) is 0 Å². The minimum Gasteiger partial charge on any atom is -0.487 e. The van der Waals surface area contributed by atoms with Crippen LogP contribution in [0, 0.1) is 0 Å². The minimum atomic E-state index is 0.532. The molecule has 0 aromatic rings. The number of hydrogen-bond acceptors (Lipinski definition) is 2. The van der Waals surface area contributed by atoms with Crippen LogP contribution in [0.15, 0.2) is 12.3 Å². The first-order valence-corrected chi connectivity index (χ1v) is 3.37. The molecule has 0 bridgehead atoms. The molecule has 2 aliphatic rings. The van der Waals surface area contributed by atoms with Gasteiger partial charge in [0.15, 0.2) is 5.44 Å². The predicted octanol–water partition coefficient (Wildman–Crippen LogP) is 1.36. The molecule has 1 nitrogen and oxygen atoms in total. The Balaban J connectivity index is 2.10. The Labute approximate surface area is 46.7 Å². The average Bonchev–Trinajstić information content (AvgIpc) is 2.41. The average molecular weight is 114 g/mol. The van der Waals surface area contributed by atoms with Crippen LogP contribution in [0.25, 0.3) is 0 Å². The lowest BCUT2D eigenvalue weighted by molar-refractivity contribution is 0.235. The molecule has 0 saturated carbocycles. The van der Waals surface area contributed by atoms with Crippen molar-refractivity contribution in [2.75, 3.05) is 0 Å². The van der Waals surface area contributed by atoms with Crippen LogP contribution in [-0.2, 0) is 4.74 Å². The van der Waals surface area contributed by atoms with Crippen LogP contribution in [-0.4, -0.2) is 10.7 Å². The molecule has 2 heteroatoms. The first-order chi connectivity index (χ1) is 3.47. The van der Waals surface area contributed by atoms with Gasteiger partial charge in [0.05, 0.1) is 11.5 Å². The van der Waals surface area contributed by atoms with Gasteiger partial charge in [-0.3, -0.25) is 0 Å². The predicted molar refractivity (Wildman–Crippen MR) is 30.0 cm³/mol. The maximum absolute atomic E-state index is 5.13. The zero-order valence-electron chi connectivity index (χ0n) is 3.83. The summed E-state index contributed by atoms with van der Waals surface area (Å²) in [6, 6.07) is 0. The second-order valence-corrected chi connectivity index (χ2v) is 3.13. The lowest BCUT2D eigenvalue weighted by atomic mass is 10.3. The molecule has 7 heavy (non-hydrogen) atoms. The number of thioether (sulfide) groups is 1. The highest BCUT2D eigenvalue weighted by Crippen LogP contribution is 2.46. The molecule has 2 aliphatic heterocycles. The highest BCUT2D eigenvalue weighted by atomic mass is 32.2. The van der Waals surface area contributed by atoms with E-state index in [0.717, 1.165) is 5.25 Å². The van der Waals surface area contributed by atoms with Crippen molar-refractivity contribution in [3.05, 3.63) is 12.3 Å². The molecule has 1 saturated heterocycles. The summed E-state index contributed by atoms with van der Waals surface area (Å²) < 4.78 is 5.13. The van der Waals surface area contributed by atoms with Crippen LogP contribution >= 0.6 is 11.8 Å². The fourth-order valence-electron chi connectivity index (χ4n) is 0.736. The van der Waals surface area contributed by atoms with E-state index in [0.29, 0.717) is 5.44 Å². The van der Waals surface area contributed by atoms with E-state index in [4.69, 9.17) is 4.74 Å². The second kappa shape index (κ2) is 1.19. The van der Waals surface area contributed by atoms with Crippen molar-refractivity contribution < 1.29 is 4.74 Å². The molecule has 2 rings (SSSR count). The first-order valence-electron chi connectivity index (χ1n) is 2.43. The Morgan fingerprint density at radius 3 is 3.29 bits per heavy atom. The van der Waals surface area contributed by atoms with Crippen LogP contribution < -0.4 is 0 Å². The van der Waals surface area contributed by atoms with Gasteiger partial charge in [0.1, 0.15) is 0 Å². The van der Waals surface area contributed by atoms with Gasteiger partial charge in [0, 0.05) is 0 Å². The van der Waals surface area contributed by atoms with E-state index < -0.39 is 0 Å². The summed E-state index contributed by atoms with van der Waals surface area (Å²) in [5.41, 5.74) is 0.532. The molecular weight excluding hydrogens is 108 g/mol. The topological polar surface area (TPSA) is 9.23 Å². The number of rotatable bonds is 0. The Bertz CT molecular complexity index is 98.6. The van der Waals surface area contributed by atoms with Crippen molar-refractivity contribution in [2.45, 2.75) is 17.1 Å². The highest BCUT2D eigenvalue weighted by molar-refractivity contribution is 8.07. The van der Waals surface area contributed by atoms with E-state index in [1.165, 1.54) is 6.42 Å². The lowest BCUT2D eigenvalue weighted by Gasteiger charge is -1.98. The van der Waals surface area contributed by atoms with Crippen molar-refractivity contribution in [3.63, 3.8) is 0 Å². The SMILES string of the molecule is C1=COC2SC2C1. The van der Waals surface area contributed by atoms with Crippen LogP contribution in [0.2, 0.25) is 0 Å². The maximum Gasteiger partial charge on any atom is 0.156 e. The Kier molecular flexibility index (Phi) is 0.651. The fraction of sp³-hybridized carbons (Fsp3) is 0.600. The van der Waals surface area contributed by atoms with E-state index in [1.54, 1.807) is 6.26 Å². The van der Waals surface area contributed by atoms with E-state index >= 15 is 0 Å².